The molecule has 4 N–H and O–H groups in total. The summed E-state index contributed by atoms with van der Waals surface area (Å²) < 4.78 is 29.1. The highest BCUT2D eigenvalue weighted by molar-refractivity contribution is 6.31. The molecule has 0 spiro atoms. The molecule has 16 nitrogen and oxygen atoms in total. The summed E-state index contributed by atoms with van der Waals surface area (Å²) in [5, 5.41) is 56.9. The van der Waals surface area contributed by atoms with Gasteiger partial charge in [-0.2, -0.15) is 5.26 Å². The number of aliphatic hydroxyl groups excluding tert-OH is 1. The van der Waals surface area contributed by atoms with E-state index in [1.54, 1.807) is 32.6 Å². The summed E-state index contributed by atoms with van der Waals surface area (Å²) >= 11 is 0. The normalized spacial score (nSPS) is 29.8. The molecule has 2 aromatic rings. The van der Waals surface area contributed by atoms with Crippen LogP contribution in [-0.2, 0) is 30.2 Å². The lowest BCUT2D eigenvalue weighted by Crippen LogP contribution is -2.67. The summed E-state index contributed by atoms with van der Waals surface area (Å²) in [6, 6.07) is 4.77. The van der Waals surface area contributed by atoms with Crippen LogP contribution in [0.5, 0.6) is 17.2 Å². The Hall–Kier alpha value is -4.63. The van der Waals surface area contributed by atoms with Crippen LogP contribution in [0.4, 0.5) is 4.79 Å². The number of aliphatic hydroxyl groups is 2. The number of phenolic OH excluding ortho intramolecular Hbond substituents is 2. The SMILES string of the molecule is COc1cccc2c1C(=O)c1c(O)c3c(c(O)c1C2=O)C[C@@](O)(C(C)=O)C[C@@H]3O[C@H]1CC(N2C(C#N)CN(C(=O)OC(C)(C)C)CC2OC)[C@H](O)[C@H](C)O1. The first-order valence-electron chi connectivity index (χ1n) is 17.6. The second kappa shape index (κ2) is 14.2. The minimum atomic E-state index is -2.12. The monoisotopic (exact) mass is 751 g/mol. The van der Waals surface area contributed by atoms with Crippen LogP contribution in [0.2, 0.25) is 0 Å². The number of piperazine rings is 1. The molecule has 0 saturated carbocycles. The lowest BCUT2D eigenvalue weighted by molar-refractivity contribution is -0.270. The number of carbonyl (C=O) groups excluding carboxylic acids is 4. The van der Waals surface area contributed by atoms with Crippen LogP contribution in [0, 0.1) is 11.3 Å². The lowest BCUT2D eigenvalue weighted by atomic mass is 9.72. The van der Waals surface area contributed by atoms with Crippen molar-refractivity contribution in [2.24, 2.45) is 0 Å². The summed E-state index contributed by atoms with van der Waals surface area (Å²) in [7, 11) is 2.73. The third-order valence-electron chi connectivity index (χ3n) is 10.6. The molecule has 3 unspecified atom stereocenters. The van der Waals surface area contributed by atoms with Gasteiger partial charge in [0.1, 0.15) is 40.7 Å². The van der Waals surface area contributed by atoms with Crippen molar-refractivity contribution in [1.82, 2.24) is 9.80 Å². The van der Waals surface area contributed by atoms with Crippen molar-refractivity contribution in [2.75, 3.05) is 27.3 Å². The van der Waals surface area contributed by atoms with Gasteiger partial charge in [0.15, 0.2) is 17.9 Å². The van der Waals surface area contributed by atoms with Gasteiger partial charge < -0.3 is 49.0 Å². The van der Waals surface area contributed by atoms with Gasteiger partial charge in [0.25, 0.3) is 0 Å². The maximum absolute atomic E-state index is 14.0. The summed E-state index contributed by atoms with van der Waals surface area (Å²) in [5.74, 6) is -3.51. The summed E-state index contributed by atoms with van der Waals surface area (Å²) in [6.07, 6.45) is -7.20. The highest BCUT2D eigenvalue weighted by Crippen LogP contribution is 2.52. The van der Waals surface area contributed by atoms with Gasteiger partial charge in [0.05, 0.1) is 61.3 Å². The number of phenols is 2. The van der Waals surface area contributed by atoms with Gasteiger partial charge in [-0.05, 0) is 40.7 Å². The summed E-state index contributed by atoms with van der Waals surface area (Å²) in [4.78, 5) is 56.7. The number of benzene rings is 2. The molecule has 0 aromatic heterocycles. The van der Waals surface area contributed by atoms with Crippen LogP contribution in [-0.4, -0.2) is 129 Å². The molecule has 0 bridgehead atoms. The number of hydrogen-bond acceptors (Lipinski definition) is 15. The first-order valence-corrected chi connectivity index (χ1v) is 17.6. The Morgan fingerprint density at radius 1 is 1.06 bits per heavy atom. The Kier molecular flexibility index (Phi) is 10.3. The van der Waals surface area contributed by atoms with E-state index in [-0.39, 0.29) is 47.5 Å². The van der Waals surface area contributed by atoms with Gasteiger partial charge in [0, 0.05) is 49.1 Å². The van der Waals surface area contributed by atoms with Gasteiger partial charge in [0.2, 0.25) is 5.78 Å². The Labute approximate surface area is 311 Å². The molecular weight excluding hydrogens is 706 g/mol. The molecule has 2 aliphatic heterocycles. The van der Waals surface area contributed by atoms with E-state index >= 15 is 0 Å². The van der Waals surface area contributed by atoms with E-state index in [9.17, 15) is 44.9 Å². The van der Waals surface area contributed by atoms with Gasteiger partial charge in [-0.3, -0.25) is 19.3 Å². The number of rotatable bonds is 6. The quantitative estimate of drug-likeness (QED) is 0.266. The standard InChI is InChI=1S/C38H45N3O13/c1-17-31(43)22(41-19(14-39)15-40(16-25(41)51-7)36(48)54-37(3,4)5)11-26(52-17)53-24-13-38(49,18(2)42)12-21-28(24)35(47)30-29(33(21)45)32(44)20-9-8-10-23(50-6)27(20)34(30)46/h8-10,17,19,22,24-26,31,43,45,47,49H,11-13,15-16H2,1-7H3/t17-,19?,22?,24-,25?,26-,31+,38-/m0/s1. The van der Waals surface area contributed by atoms with E-state index in [0.29, 0.717) is 0 Å². The molecule has 0 radical (unpaired) electrons. The third kappa shape index (κ3) is 6.58. The Bertz CT molecular complexity index is 1940. The molecule has 2 aromatic carbocycles. The number of nitriles is 1. The van der Waals surface area contributed by atoms with Crippen molar-refractivity contribution in [3.05, 3.63) is 51.6 Å². The molecule has 2 fully saturated rings. The molecule has 2 saturated heterocycles. The Morgan fingerprint density at radius 3 is 2.35 bits per heavy atom. The number of ketones is 3. The second-order valence-corrected chi connectivity index (χ2v) is 15.2. The fraction of sp³-hybridized carbons (Fsp3) is 0.553. The number of aromatic hydroxyl groups is 2. The molecule has 8 atom stereocenters. The molecule has 6 rings (SSSR count). The summed E-state index contributed by atoms with van der Waals surface area (Å²) in [5.41, 5.74) is -4.31. The minimum absolute atomic E-state index is 0.00808. The topological polar surface area (TPSA) is 226 Å². The van der Waals surface area contributed by atoms with Crippen LogP contribution in [0.15, 0.2) is 18.2 Å². The van der Waals surface area contributed by atoms with Crippen LogP contribution in [0.3, 0.4) is 0 Å². The number of Topliss-reactive ketones (excluding diaryl/α,β-unsaturated/α-hetero) is 1. The zero-order valence-corrected chi connectivity index (χ0v) is 31.1. The molecule has 54 heavy (non-hydrogen) atoms. The van der Waals surface area contributed by atoms with Crippen molar-refractivity contribution < 1.29 is 63.3 Å². The van der Waals surface area contributed by atoms with Crippen molar-refractivity contribution in [1.29, 1.82) is 5.26 Å². The van der Waals surface area contributed by atoms with Gasteiger partial charge >= 0.3 is 6.09 Å². The van der Waals surface area contributed by atoms with E-state index in [4.69, 9.17) is 23.7 Å². The molecule has 2 heterocycles. The highest BCUT2D eigenvalue weighted by Gasteiger charge is 2.52. The second-order valence-electron chi connectivity index (χ2n) is 15.2. The fourth-order valence-corrected chi connectivity index (χ4v) is 7.98. The van der Waals surface area contributed by atoms with E-state index in [0.717, 1.165) is 6.92 Å². The fourth-order valence-electron chi connectivity index (χ4n) is 7.98. The molecule has 1 amide bonds. The van der Waals surface area contributed by atoms with Gasteiger partial charge in [-0.25, -0.2) is 4.79 Å². The first kappa shape index (κ1) is 39.1. The number of ether oxygens (including phenoxy) is 5. The number of fused-ring (bicyclic) bond motifs is 3. The van der Waals surface area contributed by atoms with Crippen molar-refractivity contribution in [2.45, 2.75) is 108 Å². The number of nitrogens with zero attached hydrogens (tertiary/aromatic N) is 3. The first-order chi connectivity index (χ1) is 25.3. The van der Waals surface area contributed by atoms with E-state index < -0.39 is 113 Å². The van der Waals surface area contributed by atoms with Crippen LogP contribution in [0.25, 0.3) is 0 Å². The largest absolute Gasteiger partial charge is 0.507 e. The highest BCUT2D eigenvalue weighted by atomic mass is 16.7. The summed E-state index contributed by atoms with van der Waals surface area (Å²) in [6.45, 7) is 7.86. The molecule has 4 aliphatic rings. The predicted octanol–water partition coefficient (Wildman–Crippen LogP) is 2.49. The number of hydrogen-bond donors (Lipinski definition) is 4. The van der Waals surface area contributed by atoms with Crippen LogP contribution >= 0.6 is 0 Å². The molecular formula is C38H45N3O13. The molecule has 16 heteroatoms. The zero-order valence-electron chi connectivity index (χ0n) is 31.1. The van der Waals surface area contributed by atoms with Crippen molar-refractivity contribution in [3.63, 3.8) is 0 Å². The molecule has 2 aliphatic carbocycles. The van der Waals surface area contributed by atoms with Crippen LogP contribution in [0.1, 0.15) is 96.5 Å². The van der Waals surface area contributed by atoms with Gasteiger partial charge in [-0.15, -0.1) is 0 Å². The number of methoxy groups -OCH3 is 2. The van der Waals surface area contributed by atoms with E-state index in [1.165, 1.54) is 37.3 Å². The van der Waals surface area contributed by atoms with Gasteiger partial charge in [-0.1, -0.05) is 12.1 Å². The van der Waals surface area contributed by atoms with E-state index in [2.05, 4.69) is 6.07 Å². The Morgan fingerprint density at radius 2 is 1.74 bits per heavy atom. The van der Waals surface area contributed by atoms with Crippen molar-refractivity contribution >= 4 is 23.4 Å². The number of amides is 1. The Balaban J connectivity index is 1.37. The average Bonchev–Trinajstić information content (AvgIpc) is 3.11. The third-order valence-corrected chi connectivity index (χ3v) is 10.6. The zero-order chi connectivity index (χ0) is 39.6. The van der Waals surface area contributed by atoms with Crippen LogP contribution < -0.4 is 4.74 Å². The van der Waals surface area contributed by atoms with Crippen molar-refractivity contribution in [3.8, 4) is 23.3 Å². The number of carbonyl (C=O) groups is 4. The maximum atomic E-state index is 14.0. The maximum Gasteiger partial charge on any atom is 0.410 e. The van der Waals surface area contributed by atoms with E-state index in [1.807, 2.05) is 0 Å². The lowest BCUT2D eigenvalue weighted by Gasteiger charge is -2.51. The molecule has 290 valence electrons. The smallest absolute Gasteiger partial charge is 0.410 e. The average molecular weight is 752 g/mol. The predicted molar refractivity (Wildman–Crippen MR) is 186 cm³/mol. The minimum Gasteiger partial charge on any atom is -0.507 e.